The van der Waals surface area contributed by atoms with E-state index in [0.29, 0.717) is 23.4 Å². The SMILES string of the molecule is COc1ccccc1-c1noc(CSc2nnc(C3CC3)n2C)n1. The van der Waals surface area contributed by atoms with Gasteiger partial charge in [-0.05, 0) is 25.0 Å². The fraction of sp³-hybridized carbons (Fsp3) is 0.375. The van der Waals surface area contributed by atoms with E-state index < -0.39 is 0 Å². The summed E-state index contributed by atoms with van der Waals surface area (Å²) in [5.41, 5.74) is 0.815. The highest BCUT2D eigenvalue weighted by atomic mass is 32.2. The molecule has 24 heavy (non-hydrogen) atoms. The number of nitrogens with zero attached hydrogens (tertiary/aromatic N) is 5. The van der Waals surface area contributed by atoms with E-state index in [4.69, 9.17) is 9.26 Å². The van der Waals surface area contributed by atoms with E-state index in [0.717, 1.165) is 22.3 Å². The summed E-state index contributed by atoms with van der Waals surface area (Å²) in [5, 5.41) is 13.4. The van der Waals surface area contributed by atoms with Gasteiger partial charge < -0.3 is 13.8 Å². The van der Waals surface area contributed by atoms with Crippen molar-refractivity contribution < 1.29 is 9.26 Å². The molecule has 0 spiro atoms. The van der Waals surface area contributed by atoms with Gasteiger partial charge in [-0.25, -0.2) is 0 Å². The van der Waals surface area contributed by atoms with E-state index >= 15 is 0 Å². The van der Waals surface area contributed by atoms with Crippen LogP contribution in [0.2, 0.25) is 0 Å². The van der Waals surface area contributed by atoms with Crippen LogP contribution in [0.3, 0.4) is 0 Å². The van der Waals surface area contributed by atoms with Gasteiger partial charge in [0.1, 0.15) is 11.6 Å². The van der Waals surface area contributed by atoms with Gasteiger partial charge in [0.2, 0.25) is 11.7 Å². The summed E-state index contributed by atoms with van der Waals surface area (Å²) in [4.78, 5) is 4.45. The molecule has 0 bridgehead atoms. The highest BCUT2D eigenvalue weighted by Crippen LogP contribution is 2.39. The van der Waals surface area contributed by atoms with Crippen molar-refractivity contribution in [2.24, 2.45) is 7.05 Å². The Morgan fingerprint density at radius 3 is 2.92 bits per heavy atom. The number of rotatable bonds is 6. The van der Waals surface area contributed by atoms with Crippen LogP contribution in [0, 0.1) is 0 Å². The summed E-state index contributed by atoms with van der Waals surface area (Å²) in [6.07, 6.45) is 2.42. The summed E-state index contributed by atoms with van der Waals surface area (Å²) in [6, 6.07) is 7.61. The molecule has 0 aliphatic heterocycles. The molecule has 0 saturated heterocycles. The van der Waals surface area contributed by atoms with Gasteiger partial charge >= 0.3 is 0 Å². The first kappa shape index (κ1) is 15.2. The van der Waals surface area contributed by atoms with Crippen molar-refractivity contribution >= 4 is 11.8 Å². The molecule has 1 aromatic carbocycles. The number of hydrogen-bond donors (Lipinski definition) is 0. The van der Waals surface area contributed by atoms with E-state index in [9.17, 15) is 0 Å². The van der Waals surface area contributed by atoms with Crippen molar-refractivity contribution in [3.8, 4) is 17.1 Å². The third-order valence-corrected chi connectivity index (χ3v) is 4.96. The second kappa shape index (κ2) is 6.27. The van der Waals surface area contributed by atoms with Gasteiger partial charge in [-0.1, -0.05) is 29.1 Å². The molecule has 2 heterocycles. The third kappa shape index (κ3) is 2.89. The summed E-state index contributed by atoms with van der Waals surface area (Å²) < 4.78 is 12.7. The molecule has 8 heteroatoms. The van der Waals surface area contributed by atoms with Crippen LogP contribution in [0.15, 0.2) is 33.9 Å². The monoisotopic (exact) mass is 343 g/mol. The van der Waals surface area contributed by atoms with Gasteiger partial charge in [-0.15, -0.1) is 10.2 Å². The van der Waals surface area contributed by atoms with Crippen LogP contribution in [-0.2, 0) is 12.8 Å². The first-order chi connectivity index (χ1) is 11.8. The molecule has 1 aliphatic rings. The van der Waals surface area contributed by atoms with E-state index in [1.807, 2.05) is 31.3 Å². The van der Waals surface area contributed by atoms with Crippen LogP contribution < -0.4 is 4.74 Å². The zero-order valence-corrected chi connectivity index (χ0v) is 14.3. The Morgan fingerprint density at radius 2 is 2.12 bits per heavy atom. The van der Waals surface area contributed by atoms with E-state index in [2.05, 4.69) is 24.9 Å². The van der Waals surface area contributed by atoms with Gasteiger partial charge in [0.15, 0.2) is 5.16 Å². The summed E-state index contributed by atoms with van der Waals surface area (Å²) in [5.74, 6) is 4.00. The molecular weight excluding hydrogens is 326 g/mol. The van der Waals surface area contributed by atoms with Crippen molar-refractivity contribution in [1.82, 2.24) is 24.9 Å². The first-order valence-corrected chi connectivity index (χ1v) is 8.73. The fourth-order valence-electron chi connectivity index (χ4n) is 2.53. The van der Waals surface area contributed by atoms with Crippen LogP contribution in [0.4, 0.5) is 0 Å². The molecule has 2 aromatic heterocycles. The largest absolute Gasteiger partial charge is 0.496 e. The Labute approximate surface area is 143 Å². The standard InChI is InChI=1S/C16H17N5O2S/c1-21-15(10-7-8-10)18-19-16(21)24-9-13-17-14(20-23-13)11-5-3-4-6-12(11)22-2/h3-6,10H,7-9H2,1-2H3. The molecule has 7 nitrogen and oxygen atoms in total. The highest BCUT2D eigenvalue weighted by molar-refractivity contribution is 7.98. The minimum Gasteiger partial charge on any atom is -0.496 e. The maximum absolute atomic E-state index is 5.35. The second-order valence-corrected chi connectivity index (χ2v) is 6.62. The van der Waals surface area contributed by atoms with Gasteiger partial charge in [-0.3, -0.25) is 0 Å². The van der Waals surface area contributed by atoms with Crippen molar-refractivity contribution in [2.45, 2.75) is 29.7 Å². The van der Waals surface area contributed by atoms with Crippen molar-refractivity contribution in [1.29, 1.82) is 0 Å². The van der Waals surface area contributed by atoms with Gasteiger partial charge in [-0.2, -0.15) is 4.98 Å². The second-order valence-electron chi connectivity index (χ2n) is 5.67. The lowest BCUT2D eigenvalue weighted by atomic mass is 10.2. The van der Waals surface area contributed by atoms with E-state index in [-0.39, 0.29) is 0 Å². The topological polar surface area (TPSA) is 78.9 Å². The summed E-state index contributed by atoms with van der Waals surface area (Å²) in [7, 11) is 3.63. The maximum Gasteiger partial charge on any atom is 0.237 e. The van der Waals surface area contributed by atoms with Crippen LogP contribution in [0.25, 0.3) is 11.4 Å². The molecular formula is C16H17N5O2S. The van der Waals surface area contributed by atoms with Gasteiger partial charge in [0.05, 0.1) is 18.4 Å². The Balaban J connectivity index is 1.47. The van der Waals surface area contributed by atoms with Crippen LogP contribution in [-0.4, -0.2) is 32.0 Å². The average molecular weight is 343 g/mol. The number of aromatic nitrogens is 5. The molecule has 0 N–H and O–H groups in total. The summed E-state index contributed by atoms with van der Waals surface area (Å²) in [6.45, 7) is 0. The quantitative estimate of drug-likeness (QED) is 0.636. The molecule has 1 fully saturated rings. The molecule has 0 amide bonds. The molecule has 124 valence electrons. The minimum atomic E-state index is 0.527. The number of benzene rings is 1. The fourth-order valence-corrected chi connectivity index (χ4v) is 3.28. The van der Waals surface area contributed by atoms with Gasteiger partial charge in [0, 0.05) is 13.0 Å². The zero-order chi connectivity index (χ0) is 16.5. The van der Waals surface area contributed by atoms with Crippen molar-refractivity contribution in [3.63, 3.8) is 0 Å². The lowest BCUT2D eigenvalue weighted by Crippen LogP contribution is -1.97. The van der Waals surface area contributed by atoms with Crippen LogP contribution >= 0.6 is 11.8 Å². The number of hydrogen-bond acceptors (Lipinski definition) is 7. The van der Waals surface area contributed by atoms with Gasteiger partial charge in [0.25, 0.3) is 0 Å². The number of para-hydroxylation sites is 1. The Hall–Kier alpha value is -2.35. The van der Waals surface area contributed by atoms with E-state index in [1.165, 1.54) is 12.8 Å². The van der Waals surface area contributed by atoms with Crippen LogP contribution in [0.5, 0.6) is 5.75 Å². The highest BCUT2D eigenvalue weighted by Gasteiger charge is 2.29. The smallest absolute Gasteiger partial charge is 0.237 e. The molecule has 0 unspecified atom stereocenters. The number of ether oxygens (including phenoxy) is 1. The van der Waals surface area contributed by atoms with Crippen LogP contribution in [0.1, 0.15) is 30.5 Å². The van der Waals surface area contributed by atoms with Crippen molar-refractivity contribution in [3.05, 3.63) is 36.0 Å². The Kier molecular flexibility index (Phi) is 3.97. The first-order valence-electron chi connectivity index (χ1n) is 7.74. The molecule has 1 saturated carbocycles. The normalized spacial score (nSPS) is 14.1. The third-order valence-electron chi connectivity index (χ3n) is 3.95. The zero-order valence-electron chi connectivity index (χ0n) is 13.5. The molecule has 0 radical (unpaired) electrons. The predicted molar refractivity (Wildman–Crippen MR) is 88.8 cm³/mol. The number of methoxy groups -OCH3 is 1. The Morgan fingerprint density at radius 1 is 1.29 bits per heavy atom. The Bertz CT molecular complexity index is 856. The average Bonchev–Trinajstić information content (AvgIpc) is 3.23. The maximum atomic E-state index is 5.35. The lowest BCUT2D eigenvalue weighted by Gasteiger charge is -2.03. The molecule has 0 atom stereocenters. The summed E-state index contributed by atoms with van der Waals surface area (Å²) >= 11 is 1.55. The van der Waals surface area contributed by atoms with Crippen molar-refractivity contribution in [2.75, 3.05) is 7.11 Å². The number of thioether (sulfide) groups is 1. The lowest BCUT2D eigenvalue weighted by molar-refractivity contribution is 0.390. The molecule has 4 rings (SSSR count). The predicted octanol–water partition coefficient (Wildman–Crippen LogP) is 3.04. The minimum absolute atomic E-state index is 0.527. The molecule has 3 aromatic rings. The van der Waals surface area contributed by atoms with E-state index in [1.54, 1.807) is 18.9 Å². The molecule has 1 aliphatic carbocycles.